The maximum atomic E-state index is 12.7. The fourth-order valence-corrected chi connectivity index (χ4v) is 4.16. The molecule has 3 N–H and O–H groups in total. The predicted octanol–water partition coefficient (Wildman–Crippen LogP) is 2.95. The van der Waals surface area contributed by atoms with E-state index in [0.29, 0.717) is 16.5 Å². The van der Waals surface area contributed by atoms with Crippen LogP contribution in [0.5, 0.6) is 0 Å². The van der Waals surface area contributed by atoms with Crippen LogP contribution in [-0.4, -0.2) is 35.5 Å². The van der Waals surface area contributed by atoms with E-state index in [1.54, 1.807) is 48.5 Å². The zero-order valence-electron chi connectivity index (χ0n) is 15.2. The lowest BCUT2D eigenvalue weighted by atomic mass is 9.89. The molecule has 0 atom stereocenters. The van der Waals surface area contributed by atoms with Gasteiger partial charge in [0.15, 0.2) is 0 Å². The quantitative estimate of drug-likeness (QED) is 0.334. The average molecular weight is 422 g/mol. The summed E-state index contributed by atoms with van der Waals surface area (Å²) in [6, 6.07) is 16.2. The molecule has 0 bridgehead atoms. The Hall–Kier alpha value is -3.82. The number of carboxylic acid groups (broad SMARTS) is 1. The number of hydrogen-bond donors (Lipinski definition) is 3. The molecule has 0 amide bonds. The minimum Gasteiger partial charge on any atom is -0.478 e. The highest BCUT2D eigenvalue weighted by molar-refractivity contribution is 7.86. The standard InChI is InChI=1S/C21H14N2O6S/c24-19-16(21(25)26)11-13-6-2-3-7-14(13)18(19)23-22-17-10-9-12-5-1-4-8-15(12)20(17)30(27,28)29/h1-11,22H,(H,25,26)(H,27,28,29)/b23-18-. The molecule has 150 valence electrons. The van der Waals surface area contributed by atoms with E-state index in [1.165, 1.54) is 18.2 Å². The Morgan fingerprint density at radius 3 is 2.40 bits per heavy atom. The first-order chi connectivity index (χ1) is 14.3. The first-order valence-electron chi connectivity index (χ1n) is 8.69. The third-order valence-electron chi connectivity index (χ3n) is 4.63. The molecule has 3 aromatic carbocycles. The number of hydrogen-bond acceptors (Lipinski definition) is 6. The monoisotopic (exact) mass is 422 g/mol. The second kappa shape index (κ2) is 7.21. The molecule has 0 unspecified atom stereocenters. The fraction of sp³-hybridized carbons (Fsp3) is 0. The van der Waals surface area contributed by atoms with E-state index in [0.717, 1.165) is 0 Å². The number of Topliss-reactive ketones (excluding diaryl/α,β-unsaturated/α-hetero) is 1. The van der Waals surface area contributed by atoms with Crippen LogP contribution in [0.25, 0.3) is 16.8 Å². The molecule has 9 heteroatoms. The van der Waals surface area contributed by atoms with Crippen LogP contribution in [0.15, 0.2) is 76.2 Å². The Kier molecular flexibility index (Phi) is 4.69. The van der Waals surface area contributed by atoms with Crippen molar-refractivity contribution in [1.82, 2.24) is 0 Å². The number of hydrazone groups is 1. The first kappa shape index (κ1) is 19.5. The van der Waals surface area contributed by atoms with Crippen LogP contribution in [-0.2, 0) is 19.7 Å². The van der Waals surface area contributed by atoms with Gasteiger partial charge in [-0.15, -0.1) is 0 Å². The molecule has 0 saturated heterocycles. The van der Waals surface area contributed by atoms with Crippen LogP contribution < -0.4 is 5.43 Å². The van der Waals surface area contributed by atoms with Crippen LogP contribution in [0.1, 0.15) is 11.1 Å². The van der Waals surface area contributed by atoms with Crippen LogP contribution >= 0.6 is 0 Å². The minimum atomic E-state index is -4.63. The SMILES string of the molecule is O=C(O)C1=Cc2ccccc2/C(=N/Nc2ccc3ccccc3c2S(=O)(=O)O)C1=O. The van der Waals surface area contributed by atoms with Crippen molar-refractivity contribution in [2.75, 3.05) is 5.43 Å². The van der Waals surface area contributed by atoms with E-state index in [9.17, 15) is 27.7 Å². The van der Waals surface area contributed by atoms with Crippen molar-refractivity contribution < 1.29 is 27.7 Å². The normalized spacial score (nSPS) is 15.0. The van der Waals surface area contributed by atoms with Crippen molar-refractivity contribution in [3.63, 3.8) is 0 Å². The summed E-state index contributed by atoms with van der Waals surface area (Å²) in [5.41, 5.74) is 2.72. The molecule has 0 heterocycles. The lowest BCUT2D eigenvalue weighted by Gasteiger charge is -2.16. The van der Waals surface area contributed by atoms with Crippen molar-refractivity contribution in [1.29, 1.82) is 0 Å². The minimum absolute atomic E-state index is 0.0552. The second-order valence-corrected chi connectivity index (χ2v) is 7.85. The van der Waals surface area contributed by atoms with Gasteiger partial charge in [-0.2, -0.15) is 13.5 Å². The van der Waals surface area contributed by atoms with Gasteiger partial charge in [0.1, 0.15) is 16.2 Å². The lowest BCUT2D eigenvalue weighted by Crippen LogP contribution is -2.27. The summed E-state index contributed by atoms with van der Waals surface area (Å²) in [6.07, 6.45) is 1.26. The summed E-state index contributed by atoms with van der Waals surface area (Å²) < 4.78 is 33.8. The maximum absolute atomic E-state index is 12.7. The average Bonchev–Trinajstić information content (AvgIpc) is 2.71. The number of fused-ring (bicyclic) bond motifs is 2. The van der Waals surface area contributed by atoms with Crippen LogP contribution in [0.3, 0.4) is 0 Å². The number of carboxylic acids is 1. The van der Waals surface area contributed by atoms with Crippen LogP contribution in [0, 0.1) is 0 Å². The molecule has 3 aromatic rings. The highest BCUT2D eigenvalue weighted by atomic mass is 32.2. The molecule has 0 aromatic heterocycles. The molecule has 4 rings (SSSR count). The number of nitrogens with one attached hydrogen (secondary N) is 1. The van der Waals surface area contributed by atoms with E-state index in [2.05, 4.69) is 10.5 Å². The van der Waals surface area contributed by atoms with Gasteiger partial charge >= 0.3 is 5.97 Å². The fourth-order valence-electron chi connectivity index (χ4n) is 3.30. The van der Waals surface area contributed by atoms with Crippen molar-refractivity contribution >= 4 is 50.1 Å². The molecule has 0 aliphatic heterocycles. The van der Waals surface area contributed by atoms with E-state index in [-0.39, 0.29) is 16.8 Å². The predicted molar refractivity (Wildman–Crippen MR) is 111 cm³/mol. The summed E-state index contributed by atoms with van der Waals surface area (Å²) in [5, 5.41) is 14.2. The number of nitrogens with zero attached hydrogens (tertiary/aromatic N) is 1. The third-order valence-corrected chi connectivity index (χ3v) is 5.59. The molecule has 1 aliphatic carbocycles. The van der Waals surface area contributed by atoms with Gasteiger partial charge in [-0.05, 0) is 23.1 Å². The summed E-state index contributed by atoms with van der Waals surface area (Å²) in [6.45, 7) is 0. The van der Waals surface area contributed by atoms with Crippen molar-refractivity contribution in [3.8, 4) is 0 Å². The lowest BCUT2D eigenvalue weighted by molar-refractivity contribution is -0.133. The number of ketones is 1. The molecular weight excluding hydrogens is 408 g/mol. The number of carbonyl (C=O) groups is 2. The first-order valence-corrected chi connectivity index (χ1v) is 10.1. The number of anilines is 1. The van der Waals surface area contributed by atoms with Crippen molar-refractivity contribution in [2.45, 2.75) is 4.90 Å². The van der Waals surface area contributed by atoms with Gasteiger partial charge in [0.25, 0.3) is 10.1 Å². The number of aliphatic carboxylic acids is 1. The van der Waals surface area contributed by atoms with E-state index >= 15 is 0 Å². The summed E-state index contributed by atoms with van der Waals surface area (Å²) in [5.74, 6) is -2.21. The smallest absolute Gasteiger partial charge is 0.339 e. The van der Waals surface area contributed by atoms with E-state index in [1.807, 2.05) is 0 Å². The largest absolute Gasteiger partial charge is 0.478 e. The van der Waals surface area contributed by atoms with E-state index < -0.39 is 32.3 Å². The topological polar surface area (TPSA) is 133 Å². The van der Waals surface area contributed by atoms with Gasteiger partial charge in [-0.3, -0.25) is 14.8 Å². The third kappa shape index (κ3) is 3.36. The Balaban J connectivity index is 1.87. The Labute approximate surface area is 170 Å². The van der Waals surface area contributed by atoms with Gasteiger partial charge in [0, 0.05) is 10.9 Å². The molecule has 0 saturated carbocycles. The Bertz CT molecular complexity index is 1390. The molecular formula is C21H14N2O6S. The molecule has 0 spiro atoms. The van der Waals surface area contributed by atoms with E-state index in [4.69, 9.17) is 0 Å². The van der Waals surface area contributed by atoms with Gasteiger partial charge < -0.3 is 5.11 Å². The van der Waals surface area contributed by atoms with Crippen LogP contribution in [0.2, 0.25) is 0 Å². The van der Waals surface area contributed by atoms with Gasteiger partial charge in [-0.25, -0.2) is 4.79 Å². The summed E-state index contributed by atoms with van der Waals surface area (Å²) in [4.78, 5) is 23.7. The Morgan fingerprint density at radius 1 is 0.967 bits per heavy atom. The van der Waals surface area contributed by atoms with Crippen molar-refractivity contribution in [2.24, 2.45) is 5.10 Å². The molecule has 8 nitrogen and oxygen atoms in total. The van der Waals surface area contributed by atoms with Gasteiger partial charge in [0.05, 0.1) is 5.69 Å². The van der Waals surface area contributed by atoms with Gasteiger partial charge in [0.2, 0.25) is 5.78 Å². The molecule has 30 heavy (non-hydrogen) atoms. The zero-order chi connectivity index (χ0) is 21.5. The maximum Gasteiger partial charge on any atom is 0.339 e. The summed E-state index contributed by atoms with van der Waals surface area (Å²) >= 11 is 0. The number of benzene rings is 3. The molecule has 0 radical (unpaired) electrons. The van der Waals surface area contributed by atoms with Crippen LogP contribution in [0.4, 0.5) is 5.69 Å². The number of carbonyl (C=O) groups excluding carboxylic acids is 1. The van der Waals surface area contributed by atoms with Gasteiger partial charge in [-0.1, -0.05) is 54.6 Å². The summed E-state index contributed by atoms with van der Waals surface area (Å²) in [7, 11) is -4.63. The highest BCUT2D eigenvalue weighted by Crippen LogP contribution is 2.31. The second-order valence-electron chi connectivity index (χ2n) is 6.49. The molecule has 1 aliphatic rings. The highest BCUT2D eigenvalue weighted by Gasteiger charge is 2.30. The zero-order valence-corrected chi connectivity index (χ0v) is 16.1. The molecule has 0 fully saturated rings. The Morgan fingerprint density at radius 2 is 1.67 bits per heavy atom. The number of rotatable bonds is 4. The van der Waals surface area contributed by atoms with Crippen molar-refractivity contribution in [3.05, 3.63) is 77.4 Å².